The molecule has 1 heterocycles. The summed E-state index contributed by atoms with van der Waals surface area (Å²) in [5, 5.41) is 8.89. The summed E-state index contributed by atoms with van der Waals surface area (Å²) in [7, 11) is -3.54. The van der Waals surface area contributed by atoms with Crippen LogP contribution in [0.5, 0.6) is 0 Å². The van der Waals surface area contributed by atoms with Gasteiger partial charge in [0.2, 0.25) is 10.0 Å². The van der Waals surface area contributed by atoms with E-state index in [1.165, 1.54) is 16.4 Å². The van der Waals surface area contributed by atoms with Crippen molar-refractivity contribution in [3.8, 4) is 6.07 Å². The molecule has 4 nitrogen and oxygen atoms in total. The van der Waals surface area contributed by atoms with Gasteiger partial charge in [-0.3, -0.25) is 0 Å². The maximum Gasteiger partial charge on any atom is 0.245 e. The van der Waals surface area contributed by atoms with Crippen LogP contribution < -0.4 is 0 Å². The molecule has 6 heteroatoms. The average molecular weight is 268 g/mol. The van der Waals surface area contributed by atoms with Gasteiger partial charge in [-0.15, -0.1) is 11.8 Å². The molecule has 1 unspecified atom stereocenters. The summed E-state index contributed by atoms with van der Waals surface area (Å²) in [4.78, 5) is 0.108. The topological polar surface area (TPSA) is 61.2 Å². The summed E-state index contributed by atoms with van der Waals surface area (Å²) >= 11 is 1.60. The van der Waals surface area contributed by atoms with Crippen molar-refractivity contribution in [2.45, 2.75) is 17.2 Å². The van der Waals surface area contributed by atoms with E-state index in [1.54, 1.807) is 23.9 Å². The van der Waals surface area contributed by atoms with Crippen molar-refractivity contribution >= 4 is 21.8 Å². The van der Waals surface area contributed by atoms with Gasteiger partial charge < -0.3 is 0 Å². The van der Waals surface area contributed by atoms with Crippen molar-refractivity contribution in [1.29, 1.82) is 5.26 Å². The molecule has 1 aromatic carbocycles. The number of benzene rings is 1. The van der Waals surface area contributed by atoms with Crippen molar-refractivity contribution in [3.63, 3.8) is 0 Å². The van der Waals surface area contributed by atoms with Crippen molar-refractivity contribution in [2.24, 2.45) is 0 Å². The summed E-state index contributed by atoms with van der Waals surface area (Å²) < 4.78 is 26.2. The predicted octanol–water partition coefficient (Wildman–Crippen LogP) is 1.64. The van der Waals surface area contributed by atoms with Crippen LogP contribution in [-0.4, -0.2) is 30.4 Å². The Morgan fingerprint density at radius 3 is 2.76 bits per heavy atom. The number of hydrogen-bond acceptors (Lipinski definition) is 4. The largest absolute Gasteiger partial charge is 0.245 e. The number of rotatable bonds is 2. The SMILES string of the molecule is CC1SCCN1S(=O)(=O)c1ccccc1C#N. The van der Waals surface area contributed by atoms with Crippen LogP contribution in [0.4, 0.5) is 0 Å². The van der Waals surface area contributed by atoms with E-state index in [2.05, 4.69) is 0 Å². The van der Waals surface area contributed by atoms with Gasteiger partial charge in [-0.1, -0.05) is 12.1 Å². The normalized spacial score (nSPS) is 21.3. The zero-order valence-corrected chi connectivity index (χ0v) is 11.0. The molecular weight excluding hydrogens is 256 g/mol. The van der Waals surface area contributed by atoms with Gasteiger partial charge in [0.05, 0.1) is 15.8 Å². The molecule has 0 aromatic heterocycles. The molecule has 0 radical (unpaired) electrons. The van der Waals surface area contributed by atoms with Crippen LogP contribution in [0.2, 0.25) is 0 Å². The molecule has 17 heavy (non-hydrogen) atoms. The van der Waals surface area contributed by atoms with E-state index in [0.29, 0.717) is 6.54 Å². The molecular formula is C11H12N2O2S2. The number of nitriles is 1. The van der Waals surface area contributed by atoms with Crippen LogP contribution in [0.15, 0.2) is 29.2 Å². The molecule has 0 aliphatic carbocycles. The lowest BCUT2D eigenvalue weighted by Crippen LogP contribution is -2.33. The van der Waals surface area contributed by atoms with Gasteiger partial charge in [-0.25, -0.2) is 8.42 Å². The van der Waals surface area contributed by atoms with Gasteiger partial charge in [-0.05, 0) is 19.1 Å². The standard InChI is InChI=1S/C11H12N2O2S2/c1-9-13(6-7-16-9)17(14,15)11-5-3-2-4-10(11)8-12/h2-5,9H,6-7H2,1H3. The molecule has 2 rings (SSSR count). The van der Waals surface area contributed by atoms with Crippen LogP contribution in [0.3, 0.4) is 0 Å². The fourth-order valence-corrected chi connectivity index (χ4v) is 4.97. The first-order valence-electron chi connectivity index (χ1n) is 5.20. The minimum atomic E-state index is -3.54. The lowest BCUT2D eigenvalue weighted by atomic mass is 10.2. The molecule has 1 saturated heterocycles. The molecule has 0 N–H and O–H groups in total. The van der Waals surface area contributed by atoms with E-state index in [-0.39, 0.29) is 15.8 Å². The molecule has 1 aliphatic heterocycles. The first-order valence-corrected chi connectivity index (χ1v) is 7.69. The van der Waals surface area contributed by atoms with Crippen LogP contribution in [0.1, 0.15) is 12.5 Å². The van der Waals surface area contributed by atoms with Crippen molar-refractivity contribution in [1.82, 2.24) is 4.31 Å². The zero-order chi connectivity index (χ0) is 12.5. The zero-order valence-electron chi connectivity index (χ0n) is 9.33. The fraction of sp³-hybridized carbons (Fsp3) is 0.364. The minimum Gasteiger partial charge on any atom is -0.207 e. The number of nitrogens with zero attached hydrogens (tertiary/aromatic N) is 2. The van der Waals surface area contributed by atoms with Crippen molar-refractivity contribution in [2.75, 3.05) is 12.3 Å². The third-order valence-electron chi connectivity index (χ3n) is 2.67. The average Bonchev–Trinajstić information content (AvgIpc) is 2.76. The number of sulfonamides is 1. The Hall–Kier alpha value is -1.03. The van der Waals surface area contributed by atoms with Crippen LogP contribution >= 0.6 is 11.8 Å². The molecule has 0 bridgehead atoms. The summed E-state index contributed by atoms with van der Waals surface area (Å²) in [6.07, 6.45) is 0. The second-order valence-electron chi connectivity index (χ2n) is 3.69. The Labute approximate surface area is 105 Å². The van der Waals surface area contributed by atoms with Gasteiger partial charge in [0, 0.05) is 12.3 Å². The Kier molecular flexibility index (Phi) is 3.43. The molecule has 0 amide bonds. The predicted molar refractivity (Wildman–Crippen MR) is 67.0 cm³/mol. The minimum absolute atomic E-state index is 0.0632. The van der Waals surface area contributed by atoms with Crippen molar-refractivity contribution in [3.05, 3.63) is 29.8 Å². The van der Waals surface area contributed by atoms with Gasteiger partial charge in [0.1, 0.15) is 6.07 Å². The summed E-state index contributed by atoms with van der Waals surface area (Å²) in [5.74, 6) is 0.801. The second-order valence-corrected chi connectivity index (χ2v) is 6.98. The Morgan fingerprint density at radius 2 is 2.18 bits per heavy atom. The van der Waals surface area contributed by atoms with Crippen LogP contribution in [0.25, 0.3) is 0 Å². The highest BCUT2D eigenvalue weighted by Gasteiger charge is 2.34. The molecule has 0 spiro atoms. The van der Waals surface area contributed by atoms with Gasteiger partial charge in [0.15, 0.2) is 0 Å². The molecule has 0 saturated carbocycles. The molecule has 1 aromatic rings. The maximum absolute atomic E-state index is 12.4. The number of hydrogen-bond donors (Lipinski definition) is 0. The quantitative estimate of drug-likeness (QED) is 0.818. The summed E-state index contributed by atoms with van der Waals surface area (Å²) in [6.45, 7) is 2.37. The third-order valence-corrected chi connectivity index (χ3v) is 5.99. The molecule has 1 atom stereocenters. The van der Waals surface area contributed by atoms with Gasteiger partial charge >= 0.3 is 0 Å². The second kappa shape index (κ2) is 4.69. The van der Waals surface area contributed by atoms with E-state index in [4.69, 9.17) is 5.26 Å². The lowest BCUT2D eigenvalue weighted by molar-refractivity contribution is 0.442. The molecule has 90 valence electrons. The Balaban J connectivity index is 2.49. The molecule has 1 aliphatic rings. The third kappa shape index (κ3) is 2.18. The highest BCUT2D eigenvalue weighted by Crippen LogP contribution is 2.30. The van der Waals surface area contributed by atoms with E-state index in [1.807, 2.05) is 13.0 Å². The fourth-order valence-electron chi connectivity index (χ4n) is 1.80. The maximum atomic E-state index is 12.4. The smallest absolute Gasteiger partial charge is 0.207 e. The van der Waals surface area contributed by atoms with Gasteiger partial charge in [0.25, 0.3) is 0 Å². The van der Waals surface area contributed by atoms with Crippen LogP contribution in [-0.2, 0) is 10.0 Å². The first kappa shape index (κ1) is 12.4. The van der Waals surface area contributed by atoms with E-state index < -0.39 is 10.0 Å². The molecule has 1 fully saturated rings. The van der Waals surface area contributed by atoms with E-state index in [9.17, 15) is 8.42 Å². The summed E-state index contributed by atoms with van der Waals surface area (Å²) in [6, 6.07) is 8.25. The summed E-state index contributed by atoms with van der Waals surface area (Å²) in [5.41, 5.74) is 0.205. The Bertz CT molecular complexity index is 563. The highest BCUT2D eigenvalue weighted by molar-refractivity contribution is 8.01. The lowest BCUT2D eigenvalue weighted by Gasteiger charge is -2.20. The Morgan fingerprint density at radius 1 is 1.47 bits per heavy atom. The van der Waals surface area contributed by atoms with Crippen LogP contribution in [0, 0.1) is 11.3 Å². The number of thioether (sulfide) groups is 1. The van der Waals surface area contributed by atoms with Crippen molar-refractivity contribution < 1.29 is 8.42 Å². The first-order chi connectivity index (χ1) is 8.07. The van der Waals surface area contributed by atoms with Gasteiger partial charge in [-0.2, -0.15) is 9.57 Å². The van der Waals surface area contributed by atoms with E-state index >= 15 is 0 Å². The highest BCUT2D eigenvalue weighted by atomic mass is 32.2. The van der Waals surface area contributed by atoms with E-state index in [0.717, 1.165) is 5.75 Å². The monoisotopic (exact) mass is 268 g/mol.